The lowest BCUT2D eigenvalue weighted by Gasteiger charge is -2.20. The topological polar surface area (TPSA) is 96.0 Å². The number of benzene rings is 1. The minimum Gasteiger partial charge on any atom is -0.409 e. The molecule has 0 fully saturated rings. The van der Waals surface area contributed by atoms with E-state index in [1.165, 1.54) is 4.90 Å². The monoisotopic (exact) mass is 235 g/mol. The Bertz CT molecular complexity index is 428. The van der Waals surface area contributed by atoms with Gasteiger partial charge in [0.1, 0.15) is 6.29 Å². The summed E-state index contributed by atoms with van der Waals surface area (Å²) in [5.74, 6) is -0.0161. The summed E-state index contributed by atoms with van der Waals surface area (Å²) in [6.07, 6.45) is 1.25. The molecule has 0 radical (unpaired) electrons. The van der Waals surface area contributed by atoms with Gasteiger partial charge in [-0.3, -0.25) is 4.79 Å². The Labute approximate surface area is 98.3 Å². The number of nitrogens with two attached hydrogens (primary N) is 1. The molecule has 0 saturated heterocycles. The second-order valence-corrected chi connectivity index (χ2v) is 3.42. The lowest BCUT2D eigenvalue weighted by Crippen LogP contribution is -2.32. The van der Waals surface area contributed by atoms with E-state index in [-0.39, 0.29) is 5.84 Å². The summed E-state index contributed by atoms with van der Waals surface area (Å²) in [5.41, 5.74) is 6.49. The van der Waals surface area contributed by atoms with Gasteiger partial charge >= 0.3 is 0 Å². The second-order valence-electron chi connectivity index (χ2n) is 3.42. The number of nitrogens with zero attached hydrogens (tertiary/aromatic N) is 2. The first kappa shape index (κ1) is 12.7. The zero-order valence-electron chi connectivity index (χ0n) is 9.28. The molecule has 0 bridgehead atoms. The zero-order valence-corrected chi connectivity index (χ0v) is 9.28. The molecule has 6 nitrogen and oxygen atoms in total. The first-order chi connectivity index (χ1) is 8.13. The molecule has 1 aromatic carbocycles. The number of anilines is 1. The Kier molecular flexibility index (Phi) is 4.21. The number of hydrogen-bond donors (Lipinski definition) is 2. The van der Waals surface area contributed by atoms with E-state index in [4.69, 9.17) is 10.9 Å². The van der Waals surface area contributed by atoms with Crippen molar-refractivity contribution in [2.75, 3.05) is 4.90 Å². The van der Waals surface area contributed by atoms with Gasteiger partial charge in [-0.2, -0.15) is 0 Å². The molecule has 1 atom stereocenters. The van der Waals surface area contributed by atoms with Crippen molar-refractivity contribution in [3.05, 3.63) is 29.8 Å². The van der Waals surface area contributed by atoms with E-state index in [9.17, 15) is 9.59 Å². The molecular weight excluding hydrogens is 222 g/mol. The summed E-state index contributed by atoms with van der Waals surface area (Å²) in [5, 5.41) is 11.3. The maximum absolute atomic E-state index is 10.9. The van der Waals surface area contributed by atoms with Crippen molar-refractivity contribution in [3.8, 4) is 0 Å². The van der Waals surface area contributed by atoms with Gasteiger partial charge in [0.05, 0.1) is 6.04 Å². The van der Waals surface area contributed by atoms with Crippen LogP contribution in [-0.4, -0.2) is 29.8 Å². The van der Waals surface area contributed by atoms with Crippen LogP contribution in [0.15, 0.2) is 29.4 Å². The number of carbonyl (C=O) groups excluding carboxylic acids is 2. The Hall–Kier alpha value is -2.37. The Morgan fingerprint density at radius 1 is 1.41 bits per heavy atom. The van der Waals surface area contributed by atoms with Gasteiger partial charge in [0.25, 0.3) is 0 Å². The van der Waals surface area contributed by atoms with E-state index in [2.05, 4.69) is 5.16 Å². The zero-order chi connectivity index (χ0) is 12.8. The van der Waals surface area contributed by atoms with Gasteiger partial charge in [-0.15, -0.1) is 0 Å². The number of carbonyl (C=O) groups is 2. The Morgan fingerprint density at radius 3 is 2.41 bits per heavy atom. The molecule has 17 heavy (non-hydrogen) atoms. The van der Waals surface area contributed by atoms with Gasteiger partial charge in [0.2, 0.25) is 6.41 Å². The fourth-order valence-electron chi connectivity index (χ4n) is 1.32. The first-order valence-corrected chi connectivity index (χ1v) is 4.91. The summed E-state index contributed by atoms with van der Waals surface area (Å²) in [6, 6.07) is 5.88. The maximum Gasteiger partial charge on any atom is 0.214 e. The fraction of sp³-hybridized carbons (Fsp3) is 0.182. The van der Waals surface area contributed by atoms with Crippen LogP contribution in [0.1, 0.15) is 12.5 Å². The largest absolute Gasteiger partial charge is 0.409 e. The molecule has 0 aliphatic heterocycles. The second kappa shape index (κ2) is 5.64. The van der Waals surface area contributed by atoms with Crippen molar-refractivity contribution < 1.29 is 14.8 Å². The Balaban J connectivity index is 3.00. The molecule has 90 valence electrons. The molecule has 0 saturated carbocycles. The molecule has 0 aliphatic carbocycles. The lowest BCUT2D eigenvalue weighted by molar-refractivity contribution is -0.112. The highest BCUT2D eigenvalue weighted by Crippen LogP contribution is 2.15. The van der Waals surface area contributed by atoms with E-state index >= 15 is 0 Å². The number of oxime groups is 1. The molecule has 1 aromatic rings. The molecule has 0 aliphatic rings. The van der Waals surface area contributed by atoms with Gasteiger partial charge in [0.15, 0.2) is 5.84 Å². The van der Waals surface area contributed by atoms with E-state index in [1.54, 1.807) is 31.2 Å². The van der Waals surface area contributed by atoms with Crippen LogP contribution in [-0.2, 0) is 9.59 Å². The van der Waals surface area contributed by atoms with Crippen LogP contribution >= 0.6 is 0 Å². The van der Waals surface area contributed by atoms with Crippen LogP contribution in [0.5, 0.6) is 0 Å². The highest BCUT2D eigenvalue weighted by molar-refractivity contribution is 5.97. The first-order valence-electron chi connectivity index (χ1n) is 4.91. The van der Waals surface area contributed by atoms with Crippen LogP contribution in [0.2, 0.25) is 0 Å². The molecule has 1 amide bonds. The average Bonchev–Trinajstić information content (AvgIpc) is 2.39. The summed E-state index contributed by atoms with van der Waals surface area (Å²) in [4.78, 5) is 22.8. The fourth-order valence-corrected chi connectivity index (χ4v) is 1.32. The van der Waals surface area contributed by atoms with Crippen molar-refractivity contribution in [2.45, 2.75) is 13.0 Å². The van der Waals surface area contributed by atoms with E-state index in [0.717, 1.165) is 0 Å². The van der Waals surface area contributed by atoms with Crippen molar-refractivity contribution in [1.29, 1.82) is 0 Å². The van der Waals surface area contributed by atoms with Crippen molar-refractivity contribution in [2.24, 2.45) is 10.9 Å². The average molecular weight is 235 g/mol. The summed E-state index contributed by atoms with van der Waals surface area (Å²) in [6.45, 7) is 1.61. The summed E-state index contributed by atoms with van der Waals surface area (Å²) < 4.78 is 0. The number of amides is 1. The molecule has 6 heteroatoms. The molecule has 0 aromatic heterocycles. The third-order valence-electron chi connectivity index (χ3n) is 2.32. The van der Waals surface area contributed by atoms with Gasteiger partial charge in [-0.25, -0.2) is 0 Å². The number of hydrogen-bond acceptors (Lipinski definition) is 4. The van der Waals surface area contributed by atoms with E-state index < -0.39 is 6.04 Å². The summed E-state index contributed by atoms with van der Waals surface area (Å²) >= 11 is 0. The minimum absolute atomic E-state index is 0.0161. The van der Waals surface area contributed by atoms with Gasteiger partial charge in [-0.1, -0.05) is 5.16 Å². The SMILES string of the molecule is CC(C=O)N(C=O)c1ccc(C(N)=NO)cc1. The standard InChI is InChI=1S/C11H13N3O3/c1-8(6-15)14(7-16)10-4-2-9(3-5-10)11(12)13-17/h2-8,17H,1H3,(H2,12,13). The van der Waals surface area contributed by atoms with E-state index in [0.29, 0.717) is 23.9 Å². The van der Waals surface area contributed by atoms with Crippen LogP contribution in [0.3, 0.4) is 0 Å². The van der Waals surface area contributed by atoms with Crippen molar-refractivity contribution in [1.82, 2.24) is 0 Å². The van der Waals surface area contributed by atoms with E-state index in [1.807, 2.05) is 0 Å². The smallest absolute Gasteiger partial charge is 0.214 e. The predicted octanol–water partition coefficient (Wildman–Crippen LogP) is 0.331. The van der Waals surface area contributed by atoms with Gasteiger partial charge in [-0.05, 0) is 31.2 Å². The molecule has 3 N–H and O–H groups in total. The molecule has 1 rings (SSSR count). The minimum atomic E-state index is -0.540. The van der Waals surface area contributed by atoms with Crippen LogP contribution in [0, 0.1) is 0 Å². The highest BCUT2D eigenvalue weighted by Gasteiger charge is 2.12. The van der Waals surface area contributed by atoms with Crippen molar-refractivity contribution in [3.63, 3.8) is 0 Å². The quantitative estimate of drug-likeness (QED) is 0.253. The number of amidine groups is 1. The summed E-state index contributed by atoms with van der Waals surface area (Å²) in [7, 11) is 0. The molecule has 0 heterocycles. The van der Waals surface area contributed by atoms with Crippen LogP contribution < -0.4 is 10.6 Å². The van der Waals surface area contributed by atoms with Crippen LogP contribution in [0.25, 0.3) is 0 Å². The predicted molar refractivity (Wildman–Crippen MR) is 63.0 cm³/mol. The van der Waals surface area contributed by atoms with Crippen LogP contribution in [0.4, 0.5) is 5.69 Å². The van der Waals surface area contributed by atoms with Crippen molar-refractivity contribution >= 4 is 24.2 Å². The third-order valence-corrected chi connectivity index (χ3v) is 2.32. The number of rotatable bonds is 5. The van der Waals surface area contributed by atoms with Gasteiger partial charge in [0, 0.05) is 11.3 Å². The third kappa shape index (κ3) is 2.81. The number of aldehydes is 1. The molecule has 1 unspecified atom stereocenters. The molecular formula is C11H13N3O3. The highest BCUT2D eigenvalue weighted by atomic mass is 16.4. The molecule has 0 spiro atoms. The maximum atomic E-state index is 10.9. The van der Waals surface area contributed by atoms with Gasteiger partial charge < -0.3 is 20.6 Å². The lowest BCUT2D eigenvalue weighted by atomic mass is 10.1. The normalized spacial score (nSPS) is 12.9. The Morgan fingerprint density at radius 2 is 2.00 bits per heavy atom.